The summed E-state index contributed by atoms with van der Waals surface area (Å²) in [5, 5.41) is 4.12. The first-order valence-electron chi connectivity index (χ1n) is 7.27. The zero-order valence-corrected chi connectivity index (χ0v) is 14.2. The number of anilines is 1. The summed E-state index contributed by atoms with van der Waals surface area (Å²) in [7, 11) is 0. The van der Waals surface area contributed by atoms with Crippen LogP contribution >= 0.6 is 23.4 Å². The summed E-state index contributed by atoms with van der Waals surface area (Å²) in [6.07, 6.45) is 1.12. The van der Waals surface area contributed by atoms with Gasteiger partial charge in [-0.2, -0.15) is 11.8 Å². The van der Waals surface area contributed by atoms with Gasteiger partial charge in [0.15, 0.2) is 0 Å². The Hall–Kier alpha value is -0.450. The monoisotopic (exact) mass is 313 g/mol. The van der Waals surface area contributed by atoms with Crippen LogP contribution < -0.4 is 10.2 Å². The molecule has 1 saturated heterocycles. The van der Waals surface area contributed by atoms with Gasteiger partial charge in [0, 0.05) is 30.1 Å². The SMILES string of the molecule is CCCNCc1nc(N2CCSC(C)(C)C2)ccc1Cl. The van der Waals surface area contributed by atoms with E-state index in [9.17, 15) is 0 Å². The smallest absolute Gasteiger partial charge is 0.129 e. The van der Waals surface area contributed by atoms with Crippen LogP contribution in [-0.4, -0.2) is 35.1 Å². The van der Waals surface area contributed by atoms with Crippen LogP contribution in [0.3, 0.4) is 0 Å². The van der Waals surface area contributed by atoms with Crippen molar-refractivity contribution in [1.82, 2.24) is 10.3 Å². The van der Waals surface area contributed by atoms with Gasteiger partial charge in [-0.05, 0) is 38.9 Å². The summed E-state index contributed by atoms with van der Waals surface area (Å²) >= 11 is 8.28. The minimum Gasteiger partial charge on any atom is -0.354 e. The number of aromatic nitrogens is 1. The molecule has 0 aromatic carbocycles. The second kappa shape index (κ2) is 7.01. The van der Waals surface area contributed by atoms with E-state index in [4.69, 9.17) is 16.6 Å². The van der Waals surface area contributed by atoms with E-state index in [2.05, 4.69) is 31.0 Å². The molecule has 1 fully saturated rings. The number of halogens is 1. The average Bonchev–Trinajstić information content (AvgIpc) is 2.40. The average molecular weight is 314 g/mol. The van der Waals surface area contributed by atoms with Crippen LogP contribution in [0.4, 0.5) is 5.82 Å². The fourth-order valence-electron chi connectivity index (χ4n) is 2.37. The van der Waals surface area contributed by atoms with Gasteiger partial charge in [0.1, 0.15) is 5.82 Å². The van der Waals surface area contributed by atoms with Crippen molar-refractivity contribution in [1.29, 1.82) is 0 Å². The molecule has 20 heavy (non-hydrogen) atoms. The fraction of sp³-hybridized carbons (Fsp3) is 0.667. The maximum atomic E-state index is 6.24. The highest BCUT2D eigenvalue weighted by molar-refractivity contribution is 8.00. The Morgan fingerprint density at radius 1 is 1.45 bits per heavy atom. The summed E-state index contributed by atoms with van der Waals surface area (Å²) in [5.41, 5.74) is 0.952. The van der Waals surface area contributed by atoms with Gasteiger partial charge in [0.2, 0.25) is 0 Å². The first kappa shape index (κ1) is 15.9. The van der Waals surface area contributed by atoms with Crippen molar-refractivity contribution in [2.24, 2.45) is 0 Å². The van der Waals surface area contributed by atoms with E-state index in [1.54, 1.807) is 0 Å². The van der Waals surface area contributed by atoms with Crippen LogP contribution in [0.2, 0.25) is 5.02 Å². The summed E-state index contributed by atoms with van der Waals surface area (Å²) in [5.74, 6) is 2.21. The second-order valence-corrected chi connectivity index (χ2v) is 8.01. The lowest BCUT2D eigenvalue weighted by Crippen LogP contribution is -2.43. The van der Waals surface area contributed by atoms with Crippen molar-refractivity contribution in [3.05, 3.63) is 22.8 Å². The van der Waals surface area contributed by atoms with Crippen molar-refractivity contribution in [2.45, 2.75) is 38.5 Å². The largest absolute Gasteiger partial charge is 0.354 e. The molecule has 112 valence electrons. The van der Waals surface area contributed by atoms with Crippen molar-refractivity contribution in [3.63, 3.8) is 0 Å². The van der Waals surface area contributed by atoms with Gasteiger partial charge in [0.25, 0.3) is 0 Å². The lowest BCUT2D eigenvalue weighted by molar-refractivity contribution is 0.635. The van der Waals surface area contributed by atoms with Gasteiger partial charge in [0.05, 0.1) is 10.7 Å². The third-order valence-corrected chi connectivity index (χ3v) is 5.01. The third-order valence-electron chi connectivity index (χ3n) is 3.37. The van der Waals surface area contributed by atoms with Gasteiger partial charge in [-0.3, -0.25) is 0 Å². The Morgan fingerprint density at radius 2 is 2.25 bits per heavy atom. The highest BCUT2D eigenvalue weighted by Crippen LogP contribution is 2.32. The first-order valence-corrected chi connectivity index (χ1v) is 8.63. The van der Waals surface area contributed by atoms with Crippen molar-refractivity contribution >= 4 is 29.2 Å². The molecule has 1 aliphatic rings. The summed E-state index contributed by atoms with van der Waals surface area (Å²) in [6, 6.07) is 4.01. The molecule has 3 nitrogen and oxygen atoms in total. The number of thioether (sulfide) groups is 1. The molecular formula is C15H24ClN3S. The zero-order chi connectivity index (χ0) is 14.6. The van der Waals surface area contributed by atoms with E-state index in [0.717, 1.165) is 54.9 Å². The normalized spacial score (nSPS) is 18.3. The van der Waals surface area contributed by atoms with Crippen LogP contribution in [0, 0.1) is 0 Å². The number of rotatable bonds is 5. The Morgan fingerprint density at radius 3 is 2.95 bits per heavy atom. The van der Waals surface area contributed by atoms with E-state index in [0.29, 0.717) is 4.75 Å². The van der Waals surface area contributed by atoms with Crippen LogP contribution in [0.25, 0.3) is 0 Å². The molecule has 0 atom stereocenters. The predicted molar refractivity (Wildman–Crippen MR) is 90.0 cm³/mol. The molecule has 0 amide bonds. The van der Waals surface area contributed by atoms with Crippen LogP contribution in [-0.2, 0) is 6.54 Å². The Kier molecular flexibility index (Phi) is 5.58. The summed E-state index contributed by atoms with van der Waals surface area (Å²) < 4.78 is 0.292. The number of hydrogen-bond donors (Lipinski definition) is 1. The zero-order valence-electron chi connectivity index (χ0n) is 12.6. The molecule has 0 saturated carbocycles. The molecule has 0 spiro atoms. The number of hydrogen-bond acceptors (Lipinski definition) is 4. The summed E-state index contributed by atoms with van der Waals surface area (Å²) in [6.45, 7) is 10.6. The molecule has 0 radical (unpaired) electrons. The molecule has 1 aliphatic heterocycles. The fourth-order valence-corrected chi connectivity index (χ4v) is 3.65. The number of pyridine rings is 1. The number of nitrogens with one attached hydrogen (secondary N) is 1. The van der Waals surface area contributed by atoms with Crippen molar-refractivity contribution in [3.8, 4) is 0 Å². The van der Waals surface area contributed by atoms with Crippen molar-refractivity contribution < 1.29 is 0 Å². The highest BCUT2D eigenvalue weighted by atomic mass is 35.5. The van der Waals surface area contributed by atoms with Gasteiger partial charge in [-0.1, -0.05) is 18.5 Å². The highest BCUT2D eigenvalue weighted by Gasteiger charge is 2.27. The molecule has 1 N–H and O–H groups in total. The lowest BCUT2D eigenvalue weighted by Gasteiger charge is -2.38. The standard InChI is InChI=1S/C15H24ClN3S/c1-4-7-17-10-13-12(16)5-6-14(18-13)19-8-9-20-15(2,3)11-19/h5-6,17H,4,7-11H2,1-3H3. The van der Waals surface area contributed by atoms with E-state index in [1.165, 1.54) is 0 Å². The maximum absolute atomic E-state index is 6.24. The quantitative estimate of drug-likeness (QED) is 0.841. The minimum absolute atomic E-state index is 0.292. The van der Waals surface area contributed by atoms with Crippen LogP contribution in [0.1, 0.15) is 32.9 Å². The molecule has 0 aliphatic carbocycles. The maximum Gasteiger partial charge on any atom is 0.129 e. The van der Waals surface area contributed by atoms with Crippen LogP contribution in [0.15, 0.2) is 12.1 Å². The van der Waals surface area contributed by atoms with Gasteiger partial charge < -0.3 is 10.2 Å². The molecule has 1 aromatic rings. The Balaban J connectivity index is 2.10. The summed E-state index contributed by atoms with van der Waals surface area (Å²) in [4.78, 5) is 7.13. The Labute approximate surface area is 131 Å². The second-order valence-electron chi connectivity index (χ2n) is 5.80. The molecule has 5 heteroatoms. The molecule has 2 rings (SSSR count). The van der Waals surface area contributed by atoms with Gasteiger partial charge >= 0.3 is 0 Å². The third kappa shape index (κ3) is 4.27. The topological polar surface area (TPSA) is 28.2 Å². The van der Waals surface area contributed by atoms with Crippen LogP contribution in [0.5, 0.6) is 0 Å². The predicted octanol–water partition coefficient (Wildman–Crippen LogP) is 3.57. The van der Waals surface area contributed by atoms with Gasteiger partial charge in [-0.15, -0.1) is 0 Å². The first-order chi connectivity index (χ1) is 9.52. The van der Waals surface area contributed by atoms with E-state index in [-0.39, 0.29) is 0 Å². The van der Waals surface area contributed by atoms with Crippen molar-refractivity contribution in [2.75, 3.05) is 30.3 Å². The Bertz CT molecular complexity index is 451. The van der Waals surface area contributed by atoms with Gasteiger partial charge in [-0.25, -0.2) is 4.98 Å². The van der Waals surface area contributed by atoms with E-state index < -0.39 is 0 Å². The molecular weight excluding hydrogens is 290 g/mol. The lowest BCUT2D eigenvalue weighted by atomic mass is 10.2. The van der Waals surface area contributed by atoms with E-state index in [1.807, 2.05) is 23.9 Å². The molecule has 0 bridgehead atoms. The molecule has 1 aromatic heterocycles. The minimum atomic E-state index is 0.292. The number of nitrogens with zero attached hydrogens (tertiary/aromatic N) is 2. The molecule has 0 unspecified atom stereocenters. The molecule has 2 heterocycles. The van der Waals surface area contributed by atoms with E-state index >= 15 is 0 Å².